The third-order valence-corrected chi connectivity index (χ3v) is 1.81. The molecular weight excluding hydrogens is 171 g/mol. The van der Waals surface area contributed by atoms with Gasteiger partial charge in [-0.25, -0.2) is 10.3 Å². The molecule has 4 heteroatoms. The minimum atomic E-state index is -0.229. The average molecular weight is 184 g/mol. The first-order valence-electron chi connectivity index (χ1n) is 4.02. The van der Waals surface area contributed by atoms with Gasteiger partial charge in [-0.05, 0) is 24.3 Å². The standard InChI is InChI=1S/C9H13FN2O/c1-12(6-7-13-11)9-4-2-8(10)3-5-9/h2-5H,6-7,11H2,1H3. The predicted molar refractivity (Wildman–Crippen MR) is 49.8 cm³/mol. The van der Waals surface area contributed by atoms with Crippen LogP contribution in [0.1, 0.15) is 0 Å². The average Bonchev–Trinajstić information content (AvgIpc) is 2.15. The molecule has 0 heterocycles. The fourth-order valence-corrected chi connectivity index (χ4v) is 1.01. The first kappa shape index (κ1) is 9.95. The highest BCUT2D eigenvalue weighted by atomic mass is 19.1. The van der Waals surface area contributed by atoms with E-state index in [1.807, 2.05) is 11.9 Å². The molecular formula is C9H13FN2O. The number of anilines is 1. The maximum atomic E-state index is 12.5. The van der Waals surface area contributed by atoms with Crippen LogP contribution >= 0.6 is 0 Å². The zero-order valence-corrected chi connectivity index (χ0v) is 7.53. The molecule has 0 fully saturated rings. The Kier molecular flexibility index (Phi) is 3.67. The van der Waals surface area contributed by atoms with Gasteiger partial charge >= 0.3 is 0 Å². The lowest BCUT2D eigenvalue weighted by molar-refractivity contribution is 0.145. The molecule has 0 spiro atoms. The van der Waals surface area contributed by atoms with Gasteiger partial charge in [-0.3, -0.25) is 0 Å². The van der Waals surface area contributed by atoms with Gasteiger partial charge in [0, 0.05) is 19.3 Å². The molecule has 0 saturated heterocycles. The number of likely N-dealkylation sites (N-methyl/N-ethyl adjacent to an activating group) is 1. The third kappa shape index (κ3) is 3.01. The lowest BCUT2D eigenvalue weighted by Gasteiger charge is -2.18. The van der Waals surface area contributed by atoms with Crippen LogP contribution < -0.4 is 10.8 Å². The van der Waals surface area contributed by atoms with Crippen LogP contribution in [0, 0.1) is 5.82 Å². The molecule has 0 bridgehead atoms. The maximum Gasteiger partial charge on any atom is 0.123 e. The van der Waals surface area contributed by atoms with Gasteiger partial charge < -0.3 is 9.74 Å². The van der Waals surface area contributed by atoms with Crippen LogP contribution in [0.3, 0.4) is 0 Å². The molecule has 1 aromatic rings. The number of rotatable bonds is 4. The Morgan fingerprint density at radius 1 is 1.38 bits per heavy atom. The maximum absolute atomic E-state index is 12.5. The van der Waals surface area contributed by atoms with Crippen LogP contribution in [0.4, 0.5) is 10.1 Å². The summed E-state index contributed by atoms with van der Waals surface area (Å²) in [6, 6.07) is 6.28. The molecule has 0 aliphatic heterocycles. The minimum Gasteiger partial charge on any atom is -0.372 e. The van der Waals surface area contributed by atoms with E-state index in [0.717, 1.165) is 5.69 Å². The summed E-state index contributed by atoms with van der Waals surface area (Å²) in [5.74, 6) is 4.66. The van der Waals surface area contributed by atoms with Crippen LogP contribution in [0.5, 0.6) is 0 Å². The predicted octanol–water partition coefficient (Wildman–Crippen LogP) is 1.15. The fourth-order valence-electron chi connectivity index (χ4n) is 1.01. The first-order valence-corrected chi connectivity index (χ1v) is 4.02. The van der Waals surface area contributed by atoms with Crippen molar-refractivity contribution in [1.29, 1.82) is 0 Å². The number of nitrogens with zero attached hydrogens (tertiary/aromatic N) is 1. The lowest BCUT2D eigenvalue weighted by Crippen LogP contribution is -2.23. The van der Waals surface area contributed by atoms with Gasteiger partial charge in [-0.15, -0.1) is 0 Å². The van der Waals surface area contributed by atoms with E-state index in [4.69, 9.17) is 5.90 Å². The van der Waals surface area contributed by atoms with Crippen LogP contribution in [0.25, 0.3) is 0 Å². The third-order valence-electron chi connectivity index (χ3n) is 1.81. The molecule has 13 heavy (non-hydrogen) atoms. The van der Waals surface area contributed by atoms with E-state index in [1.165, 1.54) is 12.1 Å². The van der Waals surface area contributed by atoms with E-state index < -0.39 is 0 Å². The minimum absolute atomic E-state index is 0.229. The molecule has 0 radical (unpaired) electrons. The van der Waals surface area contributed by atoms with Crippen molar-refractivity contribution in [3.8, 4) is 0 Å². The van der Waals surface area contributed by atoms with Crippen molar-refractivity contribution in [2.75, 3.05) is 25.1 Å². The smallest absolute Gasteiger partial charge is 0.123 e. The summed E-state index contributed by atoms with van der Waals surface area (Å²) in [4.78, 5) is 6.38. The topological polar surface area (TPSA) is 38.5 Å². The summed E-state index contributed by atoms with van der Waals surface area (Å²) in [6.07, 6.45) is 0. The van der Waals surface area contributed by atoms with Gasteiger partial charge in [0.25, 0.3) is 0 Å². The monoisotopic (exact) mass is 184 g/mol. The van der Waals surface area contributed by atoms with Gasteiger partial charge in [-0.1, -0.05) is 0 Å². The van der Waals surface area contributed by atoms with Gasteiger partial charge in [0.1, 0.15) is 5.82 Å². The van der Waals surface area contributed by atoms with Gasteiger partial charge in [0.05, 0.1) is 6.61 Å². The van der Waals surface area contributed by atoms with Gasteiger partial charge in [0.15, 0.2) is 0 Å². The quantitative estimate of drug-likeness (QED) is 0.713. The van der Waals surface area contributed by atoms with Crippen LogP contribution in [-0.2, 0) is 4.84 Å². The van der Waals surface area contributed by atoms with Crippen molar-refractivity contribution in [2.45, 2.75) is 0 Å². The number of hydrogen-bond acceptors (Lipinski definition) is 3. The molecule has 0 unspecified atom stereocenters. The van der Waals surface area contributed by atoms with Crippen LogP contribution in [-0.4, -0.2) is 20.2 Å². The van der Waals surface area contributed by atoms with E-state index in [2.05, 4.69) is 4.84 Å². The van der Waals surface area contributed by atoms with E-state index >= 15 is 0 Å². The summed E-state index contributed by atoms with van der Waals surface area (Å²) in [5.41, 5.74) is 0.943. The Morgan fingerprint density at radius 3 is 2.54 bits per heavy atom. The summed E-state index contributed by atoms with van der Waals surface area (Å²) in [5, 5.41) is 0. The molecule has 3 nitrogen and oxygen atoms in total. The fraction of sp³-hybridized carbons (Fsp3) is 0.333. The number of halogens is 1. The second-order valence-electron chi connectivity index (χ2n) is 2.77. The van der Waals surface area contributed by atoms with Crippen molar-refractivity contribution >= 4 is 5.69 Å². The largest absolute Gasteiger partial charge is 0.372 e. The van der Waals surface area contributed by atoms with Crippen molar-refractivity contribution in [2.24, 2.45) is 5.90 Å². The molecule has 0 aliphatic carbocycles. The summed E-state index contributed by atoms with van der Waals surface area (Å²) in [7, 11) is 1.90. The summed E-state index contributed by atoms with van der Waals surface area (Å²) in [6.45, 7) is 1.13. The van der Waals surface area contributed by atoms with Crippen molar-refractivity contribution < 1.29 is 9.23 Å². The second-order valence-corrected chi connectivity index (χ2v) is 2.77. The highest BCUT2D eigenvalue weighted by molar-refractivity contribution is 5.45. The molecule has 72 valence electrons. The summed E-state index contributed by atoms with van der Waals surface area (Å²) >= 11 is 0. The first-order chi connectivity index (χ1) is 6.24. The van der Waals surface area contributed by atoms with Gasteiger partial charge in [-0.2, -0.15) is 0 Å². The Labute approximate surface area is 76.9 Å². The Balaban J connectivity index is 2.55. The SMILES string of the molecule is CN(CCON)c1ccc(F)cc1. The molecule has 1 rings (SSSR count). The molecule has 0 aromatic heterocycles. The van der Waals surface area contributed by atoms with Crippen molar-refractivity contribution in [3.63, 3.8) is 0 Å². The number of benzene rings is 1. The Morgan fingerprint density at radius 2 is 2.00 bits per heavy atom. The number of nitrogens with two attached hydrogens (primary N) is 1. The lowest BCUT2D eigenvalue weighted by atomic mass is 10.3. The molecule has 0 saturated carbocycles. The molecule has 0 amide bonds. The molecule has 0 aliphatic rings. The van der Waals surface area contributed by atoms with E-state index in [0.29, 0.717) is 13.2 Å². The zero-order valence-electron chi connectivity index (χ0n) is 7.53. The molecule has 1 aromatic carbocycles. The Bertz CT molecular complexity index is 250. The van der Waals surface area contributed by atoms with Crippen LogP contribution in [0.15, 0.2) is 24.3 Å². The number of hydrogen-bond donors (Lipinski definition) is 1. The highest BCUT2D eigenvalue weighted by Crippen LogP contribution is 2.12. The highest BCUT2D eigenvalue weighted by Gasteiger charge is 1.99. The normalized spacial score (nSPS) is 10.1. The van der Waals surface area contributed by atoms with E-state index in [1.54, 1.807) is 12.1 Å². The van der Waals surface area contributed by atoms with E-state index in [-0.39, 0.29) is 5.82 Å². The second kappa shape index (κ2) is 4.79. The molecule has 0 atom stereocenters. The van der Waals surface area contributed by atoms with Gasteiger partial charge in [0.2, 0.25) is 0 Å². The Hall–Kier alpha value is -1.13. The van der Waals surface area contributed by atoms with Crippen molar-refractivity contribution in [3.05, 3.63) is 30.1 Å². The zero-order chi connectivity index (χ0) is 9.68. The van der Waals surface area contributed by atoms with Crippen molar-refractivity contribution in [1.82, 2.24) is 0 Å². The molecule has 2 N–H and O–H groups in total. The van der Waals surface area contributed by atoms with E-state index in [9.17, 15) is 4.39 Å². The summed E-state index contributed by atoms with van der Waals surface area (Å²) < 4.78 is 12.5. The van der Waals surface area contributed by atoms with Crippen LogP contribution in [0.2, 0.25) is 0 Å².